The number of hydrogen-bond acceptors (Lipinski definition) is 5. The molecule has 0 amide bonds. The summed E-state index contributed by atoms with van der Waals surface area (Å²) in [4.78, 5) is 3.73. The van der Waals surface area contributed by atoms with Gasteiger partial charge in [0.1, 0.15) is 29.9 Å². The standard InChI is InChI=1S/C13H16F2N4O2S/c1-9(22(2,16)21)13(20,6-19-8-17-7-18-19)11-4-3-10(14)5-12(11)15/h3-5,7-9,16,20H,6H2,1-2H3/t9-,13-,22?/m0/s1. The maximum absolute atomic E-state index is 14.1. The van der Waals surface area contributed by atoms with Gasteiger partial charge in [-0.15, -0.1) is 0 Å². The fraction of sp³-hybridized carbons (Fsp3) is 0.385. The molecule has 0 spiro atoms. The second-order valence-electron chi connectivity index (χ2n) is 5.19. The molecule has 1 aromatic heterocycles. The van der Waals surface area contributed by atoms with E-state index in [-0.39, 0.29) is 12.1 Å². The molecule has 0 aliphatic rings. The third-order valence-electron chi connectivity index (χ3n) is 3.61. The van der Waals surface area contributed by atoms with Crippen LogP contribution in [0.4, 0.5) is 8.78 Å². The van der Waals surface area contributed by atoms with Gasteiger partial charge in [0.2, 0.25) is 0 Å². The molecular formula is C13H16F2N4O2S. The van der Waals surface area contributed by atoms with Crippen LogP contribution in [0.5, 0.6) is 0 Å². The Morgan fingerprint density at radius 2 is 2.18 bits per heavy atom. The van der Waals surface area contributed by atoms with Crippen LogP contribution in [0.1, 0.15) is 12.5 Å². The van der Waals surface area contributed by atoms with Gasteiger partial charge in [0.05, 0.1) is 11.8 Å². The van der Waals surface area contributed by atoms with Crippen LogP contribution in [0.2, 0.25) is 0 Å². The van der Waals surface area contributed by atoms with E-state index >= 15 is 0 Å². The van der Waals surface area contributed by atoms with Gasteiger partial charge >= 0.3 is 0 Å². The Hall–Kier alpha value is -1.87. The summed E-state index contributed by atoms with van der Waals surface area (Å²) in [6, 6.07) is 2.72. The quantitative estimate of drug-likeness (QED) is 0.869. The minimum atomic E-state index is -3.21. The first-order chi connectivity index (χ1) is 10.1. The van der Waals surface area contributed by atoms with Gasteiger partial charge in [0.15, 0.2) is 0 Å². The summed E-state index contributed by atoms with van der Waals surface area (Å²) >= 11 is 0. The van der Waals surface area contributed by atoms with Crippen molar-refractivity contribution in [3.05, 3.63) is 48.1 Å². The minimum absolute atomic E-state index is 0.237. The number of benzene rings is 1. The first-order valence-electron chi connectivity index (χ1n) is 6.37. The van der Waals surface area contributed by atoms with Crippen LogP contribution >= 0.6 is 0 Å². The molecule has 6 nitrogen and oxygen atoms in total. The van der Waals surface area contributed by atoms with E-state index in [2.05, 4.69) is 10.1 Å². The first kappa shape index (κ1) is 16.5. The van der Waals surface area contributed by atoms with Crippen LogP contribution in [-0.2, 0) is 21.9 Å². The van der Waals surface area contributed by atoms with E-state index in [1.165, 1.54) is 24.3 Å². The molecule has 9 heteroatoms. The molecule has 0 radical (unpaired) electrons. The lowest BCUT2D eigenvalue weighted by Gasteiger charge is -2.34. The van der Waals surface area contributed by atoms with Crippen LogP contribution in [-0.4, -0.2) is 35.6 Å². The van der Waals surface area contributed by atoms with Crippen molar-refractivity contribution < 1.29 is 18.1 Å². The van der Waals surface area contributed by atoms with Crippen molar-refractivity contribution in [2.24, 2.45) is 0 Å². The van der Waals surface area contributed by atoms with E-state index in [0.29, 0.717) is 6.07 Å². The van der Waals surface area contributed by atoms with Gasteiger partial charge in [-0.05, 0) is 13.0 Å². The topological polar surface area (TPSA) is 91.9 Å². The lowest BCUT2D eigenvalue weighted by atomic mass is 9.90. The minimum Gasteiger partial charge on any atom is -0.382 e. The van der Waals surface area contributed by atoms with Gasteiger partial charge in [-0.2, -0.15) is 5.10 Å². The van der Waals surface area contributed by atoms with Gasteiger partial charge in [0, 0.05) is 27.6 Å². The summed E-state index contributed by atoms with van der Waals surface area (Å²) in [5.41, 5.74) is -2.24. The number of hydrogen-bond donors (Lipinski definition) is 2. The Morgan fingerprint density at radius 1 is 1.50 bits per heavy atom. The van der Waals surface area contributed by atoms with Crippen LogP contribution in [0.25, 0.3) is 0 Å². The molecule has 0 aliphatic heterocycles. The molecule has 2 rings (SSSR count). The van der Waals surface area contributed by atoms with Crippen LogP contribution in [0.3, 0.4) is 0 Å². The van der Waals surface area contributed by atoms with Gasteiger partial charge < -0.3 is 5.11 Å². The van der Waals surface area contributed by atoms with Gasteiger partial charge in [-0.3, -0.25) is 4.78 Å². The van der Waals surface area contributed by atoms with Gasteiger partial charge in [0.25, 0.3) is 0 Å². The van der Waals surface area contributed by atoms with E-state index in [0.717, 1.165) is 18.4 Å². The Balaban J connectivity index is 2.58. The van der Waals surface area contributed by atoms with E-state index < -0.39 is 32.2 Å². The van der Waals surface area contributed by atoms with Crippen molar-refractivity contribution in [1.29, 1.82) is 4.78 Å². The van der Waals surface area contributed by atoms with E-state index in [4.69, 9.17) is 4.78 Å². The van der Waals surface area contributed by atoms with Crippen LogP contribution < -0.4 is 0 Å². The zero-order valence-electron chi connectivity index (χ0n) is 12.0. The monoisotopic (exact) mass is 330 g/mol. The number of rotatable bonds is 5. The number of aromatic nitrogens is 3. The first-order valence-corrected chi connectivity index (χ1v) is 8.40. The Bertz CT molecular complexity index is 764. The van der Waals surface area contributed by atoms with Crippen LogP contribution in [0, 0.1) is 16.4 Å². The highest BCUT2D eigenvalue weighted by Gasteiger charge is 2.42. The second kappa shape index (κ2) is 5.73. The lowest BCUT2D eigenvalue weighted by Crippen LogP contribution is -2.46. The molecule has 2 aromatic rings. The summed E-state index contributed by atoms with van der Waals surface area (Å²) in [5.74, 6) is -1.77. The lowest BCUT2D eigenvalue weighted by molar-refractivity contribution is 0.0118. The maximum atomic E-state index is 14.1. The molecule has 0 saturated heterocycles. The third-order valence-corrected chi connectivity index (χ3v) is 5.35. The second-order valence-corrected chi connectivity index (χ2v) is 7.70. The summed E-state index contributed by atoms with van der Waals surface area (Å²) in [6.45, 7) is 1.12. The van der Waals surface area contributed by atoms with Crippen molar-refractivity contribution in [3.63, 3.8) is 0 Å². The highest BCUT2D eigenvalue weighted by Crippen LogP contribution is 2.33. The van der Waals surface area contributed by atoms with E-state index in [1.807, 2.05) is 0 Å². The van der Waals surface area contributed by atoms with E-state index in [1.54, 1.807) is 0 Å². The molecule has 1 heterocycles. The molecular weight excluding hydrogens is 314 g/mol. The zero-order chi connectivity index (χ0) is 16.5. The molecule has 22 heavy (non-hydrogen) atoms. The summed E-state index contributed by atoms with van der Waals surface area (Å²) < 4.78 is 48.3. The van der Waals surface area contributed by atoms with Crippen LogP contribution in [0.15, 0.2) is 30.9 Å². The average Bonchev–Trinajstić information content (AvgIpc) is 2.89. The molecule has 1 unspecified atom stereocenters. The molecule has 0 saturated carbocycles. The molecule has 0 aliphatic carbocycles. The normalized spacial score (nSPS) is 18.4. The van der Waals surface area contributed by atoms with Crippen molar-refractivity contribution >= 4 is 9.73 Å². The smallest absolute Gasteiger partial charge is 0.137 e. The fourth-order valence-electron chi connectivity index (χ4n) is 2.21. The van der Waals surface area contributed by atoms with Crippen molar-refractivity contribution in [3.8, 4) is 0 Å². The van der Waals surface area contributed by atoms with E-state index in [9.17, 15) is 18.1 Å². The molecule has 120 valence electrons. The number of nitrogens with zero attached hydrogens (tertiary/aromatic N) is 3. The highest BCUT2D eigenvalue weighted by atomic mass is 32.2. The Morgan fingerprint density at radius 3 is 2.68 bits per heavy atom. The van der Waals surface area contributed by atoms with Crippen molar-refractivity contribution in [1.82, 2.24) is 14.8 Å². The summed E-state index contributed by atoms with van der Waals surface area (Å²) in [7, 11) is -3.21. The van der Waals surface area contributed by atoms with Gasteiger partial charge in [-0.25, -0.2) is 22.7 Å². The molecule has 0 fully saturated rings. The number of nitrogens with one attached hydrogen (secondary N) is 1. The van der Waals surface area contributed by atoms with Crippen molar-refractivity contribution in [2.45, 2.75) is 24.3 Å². The summed E-state index contributed by atoms with van der Waals surface area (Å²) in [5, 5.41) is 13.7. The SMILES string of the molecule is C[C@@H]([C@@](O)(Cn1cncn1)c1ccc(F)cc1F)S(C)(=N)=O. The average molecular weight is 330 g/mol. The molecule has 3 atom stereocenters. The number of halogens is 2. The highest BCUT2D eigenvalue weighted by molar-refractivity contribution is 7.92. The summed E-state index contributed by atoms with van der Waals surface area (Å²) in [6.07, 6.45) is 3.70. The molecule has 2 N–H and O–H groups in total. The zero-order valence-corrected chi connectivity index (χ0v) is 12.8. The number of aliphatic hydroxyl groups is 1. The largest absolute Gasteiger partial charge is 0.382 e. The Kier molecular flexibility index (Phi) is 4.30. The fourth-order valence-corrected chi connectivity index (χ4v) is 3.15. The molecule has 1 aromatic carbocycles. The third kappa shape index (κ3) is 3.14. The van der Waals surface area contributed by atoms with Gasteiger partial charge in [-0.1, -0.05) is 6.07 Å². The maximum Gasteiger partial charge on any atom is 0.137 e. The van der Waals surface area contributed by atoms with Crippen molar-refractivity contribution in [2.75, 3.05) is 6.26 Å². The Labute approximate surface area is 126 Å². The predicted octanol–water partition coefficient (Wildman–Crippen LogP) is 1.51. The molecule has 0 bridgehead atoms. The predicted molar refractivity (Wildman–Crippen MR) is 76.5 cm³/mol.